The molecule has 0 radical (unpaired) electrons. The normalized spacial score (nSPS) is 26.0. The van der Waals surface area contributed by atoms with Crippen LogP contribution in [0.5, 0.6) is 0 Å². The molecule has 3 saturated heterocycles. The van der Waals surface area contributed by atoms with E-state index in [9.17, 15) is 9.59 Å². The summed E-state index contributed by atoms with van der Waals surface area (Å²) in [5.74, 6) is -0.308. The van der Waals surface area contributed by atoms with Crippen LogP contribution in [0.2, 0.25) is 0 Å². The molecule has 1 aromatic rings. The first-order chi connectivity index (χ1) is 13.9. The van der Waals surface area contributed by atoms with Gasteiger partial charge in [0, 0.05) is 32.1 Å². The van der Waals surface area contributed by atoms with Crippen molar-refractivity contribution in [3.8, 4) is 0 Å². The second-order valence-electron chi connectivity index (χ2n) is 9.00. The van der Waals surface area contributed by atoms with Gasteiger partial charge in [-0.25, -0.2) is 9.59 Å². The lowest BCUT2D eigenvalue weighted by Gasteiger charge is -2.48. The topological polar surface area (TPSA) is 71.1 Å². The number of hydrogen-bond acceptors (Lipinski definition) is 6. The molecular weight excluding hydrogens is 441 g/mol. The van der Waals surface area contributed by atoms with Crippen LogP contribution in [0.15, 0.2) is 30.3 Å². The standard InChI is InChI=1S/C22H31N3O4.2ClH/c1-21(2)15-22(19(26)29-21)16-24(18-8-10-23-11-9-18)12-13-25(22)20(27)28-14-17-6-4-3-5-7-17;;/h3-7,18,23H,8-16H2,1-2H3;2*1H. The molecule has 1 unspecified atom stereocenters. The molecule has 9 heteroatoms. The molecule has 3 fully saturated rings. The Morgan fingerprint density at radius 3 is 2.45 bits per heavy atom. The zero-order valence-electron chi connectivity index (χ0n) is 18.2. The second kappa shape index (κ2) is 10.4. The van der Waals surface area contributed by atoms with Crippen LogP contribution in [0.1, 0.15) is 38.7 Å². The van der Waals surface area contributed by atoms with E-state index >= 15 is 0 Å². The SMILES string of the molecule is CC1(C)CC2(CN(C3CCNCC3)CCN2C(=O)OCc2ccccc2)C(=O)O1.Cl.Cl. The first-order valence-electron chi connectivity index (χ1n) is 10.6. The predicted molar refractivity (Wildman–Crippen MR) is 123 cm³/mol. The summed E-state index contributed by atoms with van der Waals surface area (Å²) in [6.07, 6.45) is 2.18. The van der Waals surface area contributed by atoms with Gasteiger partial charge in [0.05, 0.1) is 0 Å². The van der Waals surface area contributed by atoms with Gasteiger partial charge < -0.3 is 14.8 Å². The Bertz CT molecular complexity index is 758. The maximum absolute atomic E-state index is 13.1. The molecule has 0 aliphatic carbocycles. The molecule has 3 aliphatic heterocycles. The van der Waals surface area contributed by atoms with Crippen LogP contribution in [0, 0.1) is 0 Å². The van der Waals surface area contributed by atoms with Gasteiger partial charge in [-0.15, -0.1) is 24.8 Å². The molecule has 1 amide bonds. The lowest BCUT2D eigenvalue weighted by Crippen LogP contribution is -2.68. The second-order valence-corrected chi connectivity index (χ2v) is 9.00. The van der Waals surface area contributed by atoms with Crippen LogP contribution in [0.25, 0.3) is 0 Å². The monoisotopic (exact) mass is 473 g/mol. The van der Waals surface area contributed by atoms with Gasteiger partial charge in [-0.1, -0.05) is 30.3 Å². The van der Waals surface area contributed by atoms with Crippen molar-refractivity contribution in [2.45, 2.75) is 56.9 Å². The number of carbonyl (C=O) groups excluding carboxylic acids is 2. The van der Waals surface area contributed by atoms with Gasteiger partial charge in [-0.05, 0) is 45.3 Å². The molecule has 0 saturated carbocycles. The smallest absolute Gasteiger partial charge is 0.411 e. The van der Waals surface area contributed by atoms with Gasteiger partial charge in [0.2, 0.25) is 0 Å². The minimum Gasteiger partial charge on any atom is -0.458 e. The molecule has 4 rings (SSSR count). The van der Waals surface area contributed by atoms with E-state index in [2.05, 4.69) is 10.2 Å². The highest BCUT2D eigenvalue weighted by Gasteiger charge is 2.60. The third-order valence-corrected chi connectivity index (χ3v) is 6.31. The van der Waals surface area contributed by atoms with Crippen LogP contribution >= 0.6 is 24.8 Å². The Morgan fingerprint density at radius 2 is 1.84 bits per heavy atom. The molecular formula is C22H33Cl2N3O4. The summed E-state index contributed by atoms with van der Waals surface area (Å²) in [6, 6.07) is 10.0. The van der Waals surface area contributed by atoms with Gasteiger partial charge in [0.1, 0.15) is 12.2 Å². The van der Waals surface area contributed by atoms with E-state index in [1.54, 1.807) is 4.90 Å². The quantitative estimate of drug-likeness (QED) is 0.680. The summed E-state index contributed by atoms with van der Waals surface area (Å²) < 4.78 is 11.3. The van der Waals surface area contributed by atoms with Crippen molar-refractivity contribution in [1.82, 2.24) is 15.1 Å². The molecule has 1 N–H and O–H groups in total. The lowest BCUT2D eigenvalue weighted by molar-refractivity contribution is -0.156. The Kier molecular flexibility index (Phi) is 8.62. The van der Waals surface area contributed by atoms with Crippen LogP contribution in [0.4, 0.5) is 4.79 Å². The zero-order chi connectivity index (χ0) is 20.5. The lowest BCUT2D eigenvalue weighted by atomic mass is 9.85. The number of esters is 1. The summed E-state index contributed by atoms with van der Waals surface area (Å²) in [4.78, 5) is 30.1. The molecule has 1 atom stereocenters. The van der Waals surface area contributed by atoms with Gasteiger partial charge in [0.15, 0.2) is 5.54 Å². The predicted octanol–water partition coefficient (Wildman–Crippen LogP) is 3.00. The van der Waals surface area contributed by atoms with Crippen LogP contribution in [0.3, 0.4) is 0 Å². The van der Waals surface area contributed by atoms with Crippen molar-refractivity contribution in [3.05, 3.63) is 35.9 Å². The Hall–Kier alpha value is -1.54. The molecule has 0 aromatic heterocycles. The maximum atomic E-state index is 13.1. The fourth-order valence-corrected chi connectivity index (χ4v) is 4.97. The largest absolute Gasteiger partial charge is 0.458 e. The molecule has 0 bridgehead atoms. The number of benzene rings is 1. The van der Waals surface area contributed by atoms with E-state index in [1.807, 2.05) is 44.2 Å². The summed E-state index contributed by atoms with van der Waals surface area (Å²) in [6.45, 7) is 7.75. The Morgan fingerprint density at radius 1 is 1.16 bits per heavy atom. The van der Waals surface area contributed by atoms with E-state index in [-0.39, 0.29) is 37.4 Å². The van der Waals surface area contributed by atoms with Crippen molar-refractivity contribution >= 4 is 36.9 Å². The molecule has 174 valence electrons. The number of amides is 1. The molecule has 1 spiro atoms. The zero-order valence-corrected chi connectivity index (χ0v) is 19.8. The Labute approximate surface area is 196 Å². The van der Waals surface area contributed by atoms with Crippen molar-refractivity contribution in [2.24, 2.45) is 0 Å². The van der Waals surface area contributed by atoms with E-state index in [0.717, 1.165) is 38.0 Å². The fraction of sp³-hybridized carbons (Fsp3) is 0.636. The van der Waals surface area contributed by atoms with Crippen molar-refractivity contribution < 1.29 is 19.1 Å². The average Bonchev–Trinajstić information content (AvgIpc) is 2.95. The Balaban J connectivity index is 0.00000171. The minimum absolute atomic E-state index is 0. The third-order valence-electron chi connectivity index (χ3n) is 6.31. The molecule has 31 heavy (non-hydrogen) atoms. The maximum Gasteiger partial charge on any atom is 0.411 e. The number of carbonyl (C=O) groups is 2. The van der Waals surface area contributed by atoms with E-state index in [0.29, 0.717) is 25.6 Å². The number of ether oxygens (including phenoxy) is 2. The summed E-state index contributed by atoms with van der Waals surface area (Å²) in [5.41, 5.74) is -0.635. The average molecular weight is 474 g/mol. The summed E-state index contributed by atoms with van der Waals surface area (Å²) >= 11 is 0. The van der Waals surface area contributed by atoms with E-state index < -0.39 is 17.2 Å². The number of nitrogens with zero attached hydrogens (tertiary/aromatic N) is 2. The number of piperidine rings is 1. The van der Waals surface area contributed by atoms with Crippen molar-refractivity contribution in [1.29, 1.82) is 0 Å². The van der Waals surface area contributed by atoms with Crippen LogP contribution < -0.4 is 5.32 Å². The van der Waals surface area contributed by atoms with E-state index in [1.165, 1.54) is 0 Å². The van der Waals surface area contributed by atoms with Crippen molar-refractivity contribution in [3.63, 3.8) is 0 Å². The summed E-state index contributed by atoms with van der Waals surface area (Å²) in [5, 5.41) is 3.39. The fourth-order valence-electron chi connectivity index (χ4n) is 4.97. The molecule has 7 nitrogen and oxygen atoms in total. The molecule has 1 aromatic carbocycles. The number of piperazine rings is 1. The number of nitrogens with one attached hydrogen (secondary N) is 1. The molecule has 3 heterocycles. The van der Waals surface area contributed by atoms with Crippen LogP contribution in [-0.2, 0) is 20.9 Å². The van der Waals surface area contributed by atoms with Gasteiger partial charge in [0.25, 0.3) is 0 Å². The summed E-state index contributed by atoms with van der Waals surface area (Å²) in [7, 11) is 0. The van der Waals surface area contributed by atoms with E-state index in [4.69, 9.17) is 9.47 Å². The van der Waals surface area contributed by atoms with Crippen molar-refractivity contribution in [2.75, 3.05) is 32.7 Å². The van der Waals surface area contributed by atoms with Crippen LogP contribution in [-0.4, -0.2) is 71.8 Å². The highest BCUT2D eigenvalue weighted by molar-refractivity contribution is 5.88. The number of hydrogen-bond donors (Lipinski definition) is 1. The number of halogens is 2. The third kappa shape index (κ3) is 5.45. The molecule has 3 aliphatic rings. The minimum atomic E-state index is -0.972. The highest BCUT2D eigenvalue weighted by Crippen LogP contribution is 2.41. The van der Waals surface area contributed by atoms with Gasteiger partial charge in [-0.2, -0.15) is 0 Å². The van der Waals surface area contributed by atoms with Gasteiger partial charge in [-0.3, -0.25) is 9.80 Å². The van der Waals surface area contributed by atoms with Gasteiger partial charge >= 0.3 is 12.1 Å². The number of cyclic esters (lactones) is 1. The first kappa shape index (κ1) is 25.7. The highest BCUT2D eigenvalue weighted by atomic mass is 35.5. The first-order valence-corrected chi connectivity index (χ1v) is 10.6. The number of rotatable bonds is 3.